The summed E-state index contributed by atoms with van der Waals surface area (Å²) in [6.07, 6.45) is 2.22. The minimum Gasteiger partial charge on any atom is -0.376 e. The van der Waals surface area contributed by atoms with Crippen molar-refractivity contribution in [1.29, 1.82) is 0 Å². The van der Waals surface area contributed by atoms with E-state index in [1.54, 1.807) is 0 Å². The van der Waals surface area contributed by atoms with Crippen molar-refractivity contribution >= 4 is 28.8 Å². The molecule has 0 aliphatic carbocycles. The molecule has 22 heavy (non-hydrogen) atoms. The first kappa shape index (κ1) is 15.5. The molecule has 1 N–H and O–H groups in total. The molecule has 116 valence electrons. The molecule has 0 radical (unpaired) electrons. The van der Waals surface area contributed by atoms with E-state index in [4.69, 9.17) is 16.3 Å². The molecule has 3 rings (SSSR count). The van der Waals surface area contributed by atoms with Crippen LogP contribution in [0.15, 0.2) is 24.3 Å². The fourth-order valence-electron chi connectivity index (χ4n) is 2.44. The van der Waals surface area contributed by atoms with E-state index in [2.05, 4.69) is 10.3 Å². The first-order chi connectivity index (χ1) is 10.6. The van der Waals surface area contributed by atoms with Crippen LogP contribution in [0.4, 0.5) is 0 Å². The highest BCUT2D eigenvalue weighted by Crippen LogP contribution is 2.29. The second kappa shape index (κ2) is 6.77. The van der Waals surface area contributed by atoms with E-state index in [1.165, 1.54) is 11.3 Å². The third kappa shape index (κ3) is 3.48. The number of amides is 1. The summed E-state index contributed by atoms with van der Waals surface area (Å²) in [5.74, 6) is -0.0845. The Balaban J connectivity index is 1.72. The molecule has 0 saturated carbocycles. The molecule has 0 spiro atoms. The summed E-state index contributed by atoms with van der Waals surface area (Å²) in [6.45, 7) is 3.20. The maximum absolute atomic E-state index is 12.3. The van der Waals surface area contributed by atoms with Crippen molar-refractivity contribution in [3.63, 3.8) is 0 Å². The van der Waals surface area contributed by atoms with Gasteiger partial charge in [0.2, 0.25) is 0 Å². The van der Waals surface area contributed by atoms with Gasteiger partial charge in [-0.15, -0.1) is 11.3 Å². The zero-order chi connectivity index (χ0) is 15.5. The molecule has 1 saturated heterocycles. The molecule has 0 bridgehead atoms. The van der Waals surface area contributed by atoms with Gasteiger partial charge in [0.1, 0.15) is 9.88 Å². The van der Waals surface area contributed by atoms with Gasteiger partial charge in [-0.2, -0.15) is 0 Å². The number of benzene rings is 1. The summed E-state index contributed by atoms with van der Waals surface area (Å²) in [4.78, 5) is 17.4. The number of rotatable bonds is 4. The first-order valence-electron chi connectivity index (χ1n) is 7.26. The average Bonchev–Trinajstić information content (AvgIpc) is 3.14. The number of hydrogen-bond acceptors (Lipinski definition) is 4. The monoisotopic (exact) mass is 336 g/mol. The molecule has 1 atom stereocenters. The van der Waals surface area contributed by atoms with Gasteiger partial charge in [-0.1, -0.05) is 23.7 Å². The maximum Gasteiger partial charge on any atom is 0.263 e. The zero-order valence-corrected chi connectivity index (χ0v) is 13.8. The molecule has 1 aromatic carbocycles. The van der Waals surface area contributed by atoms with Crippen molar-refractivity contribution in [3.8, 4) is 10.6 Å². The number of nitrogens with one attached hydrogen (secondary N) is 1. The molecular formula is C16H17ClN2O2S. The molecule has 1 aliphatic heterocycles. The lowest BCUT2D eigenvalue weighted by atomic mass is 10.2. The van der Waals surface area contributed by atoms with Gasteiger partial charge in [0.25, 0.3) is 5.91 Å². The predicted molar refractivity (Wildman–Crippen MR) is 88.6 cm³/mol. The molecule has 1 aromatic heterocycles. The number of thiazole rings is 1. The number of carbonyl (C=O) groups excluding carboxylic acids is 1. The quantitative estimate of drug-likeness (QED) is 0.926. The van der Waals surface area contributed by atoms with Gasteiger partial charge in [-0.05, 0) is 31.9 Å². The van der Waals surface area contributed by atoms with Crippen LogP contribution in [0.2, 0.25) is 5.02 Å². The standard InChI is InChI=1S/C16H17ClN2O2S/c1-10-14(15(20)18-9-13-6-3-7-21-13)22-16(19-10)11-4-2-5-12(17)8-11/h2,4-5,8,13H,3,6-7,9H2,1H3,(H,18,20). The minimum absolute atomic E-state index is 0.0845. The summed E-state index contributed by atoms with van der Waals surface area (Å²) in [6, 6.07) is 7.50. The third-order valence-corrected chi connectivity index (χ3v) is 5.03. The fraction of sp³-hybridized carbons (Fsp3) is 0.375. The lowest BCUT2D eigenvalue weighted by Crippen LogP contribution is -2.31. The van der Waals surface area contributed by atoms with Crippen LogP contribution < -0.4 is 5.32 Å². The van der Waals surface area contributed by atoms with Gasteiger partial charge in [-0.25, -0.2) is 4.98 Å². The van der Waals surface area contributed by atoms with Gasteiger partial charge in [0, 0.05) is 23.7 Å². The number of halogens is 1. The third-order valence-electron chi connectivity index (χ3n) is 3.59. The number of carbonyl (C=O) groups is 1. The lowest BCUT2D eigenvalue weighted by molar-refractivity contribution is 0.0860. The number of ether oxygens (including phenoxy) is 1. The summed E-state index contributed by atoms with van der Waals surface area (Å²) < 4.78 is 5.52. The Hall–Kier alpha value is -1.43. The summed E-state index contributed by atoms with van der Waals surface area (Å²) >= 11 is 7.40. The van der Waals surface area contributed by atoms with Crippen molar-refractivity contribution in [2.45, 2.75) is 25.9 Å². The van der Waals surface area contributed by atoms with Gasteiger partial charge < -0.3 is 10.1 Å². The number of nitrogens with zero attached hydrogens (tertiary/aromatic N) is 1. The second-order valence-electron chi connectivity index (χ2n) is 5.29. The van der Waals surface area contributed by atoms with Crippen molar-refractivity contribution in [2.24, 2.45) is 0 Å². The normalized spacial score (nSPS) is 17.6. The highest BCUT2D eigenvalue weighted by Gasteiger charge is 2.20. The zero-order valence-electron chi connectivity index (χ0n) is 12.3. The average molecular weight is 337 g/mol. The summed E-state index contributed by atoms with van der Waals surface area (Å²) in [7, 11) is 0. The van der Waals surface area contributed by atoms with Crippen molar-refractivity contribution in [2.75, 3.05) is 13.2 Å². The highest BCUT2D eigenvalue weighted by atomic mass is 35.5. The Morgan fingerprint density at radius 3 is 3.14 bits per heavy atom. The SMILES string of the molecule is Cc1nc(-c2cccc(Cl)c2)sc1C(=O)NCC1CCCO1. The van der Waals surface area contributed by atoms with Crippen molar-refractivity contribution < 1.29 is 9.53 Å². The van der Waals surface area contributed by atoms with Crippen LogP contribution in [-0.2, 0) is 4.74 Å². The topological polar surface area (TPSA) is 51.2 Å². The number of aromatic nitrogens is 1. The molecular weight excluding hydrogens is 320 g/mol. The number of hydrogen-bond donors (Lipinski definition) is 1. The molecule has 1 amide bonds. The smallest absolute Gasteiger partial charge is 0.263 e. The fourth-order valence-corrected chi connectivity index (χ4v) is 3.61. The number of aryl methyl sites for hydroxylation is 1. The van der Waals surface area contributed by atoms with E-state index in [1.807, 2.05) is 31.2 Å². The molecule has 1 unspecified atom stereocenters. The van der Waals surface area contributed by atoms with Crippen LogP contribution in [0.1, 0.15) is 28.2 Å². The minimum atomic E-state index is -0.0845. The Morgan fingerprint density at radius 1 is 1.55 bits per heavy atom. The predicted octanol–water partition coefficient (Wildman–Crippen LogP) is 3.68. The molecule has 2 aromatic rings. The van der Waals surface area contributed by atoms with Gasteiger partial charge in [0.15, 0.2) is 0 Å². The molecule has 6 heteroatoms. The van der Waals surface area contributed by atoms with Crippen LogP contribution in [0.25, 0.3) is 10.6 Å². The highest BCUT2D eigenvalue weighted by molar-refractivity contribution is 7.17. The van der Waals surface area contributed by atoms with E-state index in [9.17, 15) is 4.79 Å². The molecule has 4 nitrogen and oxygen atoms in total. The molecule has 1 fully saturated rings. The van der Waals surface area contributed by atoms with E-state index in [0.717, 1.165) is 35.7 Å². The first-order valence-corrected chi connectivity index (χ1v) is 8.46. The van der Waals surface area contributed by atoms with Crippen LogP contribution in [0.5, 0.6) is 0 Å². The second-order valence-corrected chi connectivity index (χ2v) is 6.72. The van der Waals surface area contributed by atoms with Crippen molar-refractivity contribution in [3.05, 3.63) is 39.9 Å². The van der Waals surface area contributed by atoms with E-state index in [-0.39, 0.29) is 12.0 Å². The van der Waals surface area contributed by atoms with Crippen LogP contribution in [0, 0.1) is 6.92 Å². The largest absolute Gasteiger partial charge is 0.376 e. The van der Waals surface area contributed by atoms with E-state index >= 15 is 0 Å². The molecule has 1 aliphatic rings. The summed E-state index contributed by atoms with van der Waals surface area (Å²) in [5, 5.41) is 4.41. The van der Waals surface area contributed by atoms with Crippen LogP contribution in [-0.4, -0.2) is 30.1 Å². The summed E-state index contributed by atoms with van der Waals surface area (Å²) in [5.41, 5.74) is 1.67. The Labute approximate surface area is 138 Å². The van der Waals surface area contributed by atoms with Gasteiger partial charge in [-0.3, -0.25) is 4.79 Å². The van der Waals surface area contributed by atoms with Gasteiger partial charge >= 0.3 is 0 Å². The Morgan fingerprint density at radius 2 is 2.41 bits per heavy atom. The van der Waals surface area contributed by atoms with Crippen molar-refractivity contribution in [1.82, 2.24) is 10.3 Å². The Kier molecular flexibility index (Phi) is 4.76. The van der Waals surface area contributed by atoms with E-state index in [0.29, 0.717) is 16.4 Å². The Bertz CT molecular complexity index is 681. The molecule has 2 heterocycles. The van der Waals surface area contributed by atoms with Crippen LogP contribution >= 0.6 is 22.9 Å². The van der Waals surface area contributed by atoms with Crippen LogP contribution in [0.3, 0.4) is 0 Å². The van der Waals surface area contributed by atoms with E-state index < -0.39 is 0 Å². The maximum atomic E-state index is 12.3. The lowest BCUT2D eigenvalue weighted by Gasteiger charge is -2.09. The van der Waals surface area contributed by atoms with Gasteiger partial charge in [0.05, 0.1) is 11.8 Å².